The number of hydrogen-bond acceptors (Lipinski definition) is 3. The van der Waals surface area contributed by atoms with Crippen LogP contribution >= 0.6 is 0 Å². The zero-order valence-electron chi connectivity index (χ0n) is 6.29. The zero-order chi connectivity index (χ0) is 8.27. The van der Waals surface area contributed by atoms with E-state index in [4.69, 9.17) is 0 Å². The summed E-state index contributed by atoms with van der Waals surface area (Å²) in [5.74, 6) is 0.284. The van der Waals surface area contributed by atoms with Gasteiger partial charge in [0.2, 0.25) is 6.29 Å². The summed E-state index contributed by atoms with van der Waals surface area (Å²) in [5, 5.41) is 2.39. The van der Waals surface area contributed by atoms with Crippen molar-refractivity contribution in [1.82, 2.24) is 5.32 Å². The van der Waals surface area contributed by atoms with Crippen LogP contribution in [-0.4, -0.2) is 25.5 Å². The van der Waals surface area contributed by atoms with Crippen LogP contribution in [0.1, 0.15) is 12.8 Å². The van der Waals surface area contributed by atoms with Crippen molar-refractivity contribution in [2.75, 3.05) is 7.11 Å². The van der Waals surface area contributed by atoms with Crippen molar-refractivity contribution in [2.45, 2.75) is 18.9 Å². The van der Waals surface area contributed by atoms with E-state index in [-0.39, 0.29) is 5.92 Å². The summed E-state index contributed by atoms with van der Waals surface area (Å²) < 4.78 is 4.33. The lowest BCUT2D eigenvalue weighted by molar-refractivity contribution is 0.168. The monoisotopic (exact) mass is 156 g/mol. The molecule has 0 spiro atoms. The maximum atomic E-state index is 10.6. The van der Waals surface area contributed by atoms with Gasteiger partial charge in [-0.3, -0.25) is 4.79 Å². The Bertz CT molecular complexity index is 165. The van der Waals surface area contributed by atoms with E-state index in [9.17, 15) is 9.59 Å². The van der Waals surface area contributed by atoms with Crippen LogP contribution in [0.2, 0.25) is 0 Å². The molecule has 1 aliphatic carbocycles. The van der Waals surface area contributed by atoms with Crippen LogP contribution < -0.4 is 5.32 Å². The maximum Gasteiger partial charge on any atom is 0.407 e. The predicted molar refractivity (Wildman–Crippen MR) is 37.7 cm³/mol. The summed E-state index contributed by atoms with van der Waals surface area (Å²) in [6, 6.07) is -0.470. The van der Waals surface area contributed by atoms with Crippen molar-refractivity contribution in [2.24, 2.45) is 5.92 Å². The minimum absolute atomic E-state index is 0.284. The fourth-order valence-electron chi connectivity index (χ4n) is 0.859. The molecular formula is C7H10NO3. The van der Waals surface area contributed by atoms with E-state index in [1.807, 2.05) is 0 Å². The summed E-state index contributed by atoms with van der Waals surface area (Å²) in [4.78, 5) is 20.8. The minimum atomic E-state index is -0.565. The molecule has 1 radical (unpaired) electrons. The molecule has 1 N–H and O–H groups in total. The first-order valence-corrected chi connectivity index (χ1v) is 3.50. The normalized spacial score (nSPS) is 18.6. The molecule has 1 unspecified atom stereocenters. The molecule has 1 rings (SSSR count). The van der Waals surface area contributed by atoms with Crippen molar-refractivity contribution >= 4 is 12.4 Å². The van der Waals surface area contributed by atoms with Gasteiger partial charge in [0.1, 0.15) is 6.04 Å². The fraction of sp³-hybridized carbons (Fsp3) is 0.714. The number of amides is 1. The number of ether oxygens (including phenoxy) is 1. The average Bonchev–Trinajstić information content (AvgIpc) is 2.82. The third-order valence-corrected chi connectivity index (χ3v) is 1.68. The Labute approximate surface area is 64.9 Å². The smallest absolute Gasteiger partial charge is 0.407 e. The van der Waals surface area contributed by atoms with Gasteiger partial charge in [-0.05, 0) is 18.8 Å². The summed E-state index contributed by atoms with van der Waals surface area (Å²) in [7, 11) is 1.27. The molecule has 0 aromatic rings. The molecule has 0 aliphatic heterocycles. The molecule has 1 fully saturated rings. The van der Waals surface area contributed by atoms with Gasteiger partial charge in [0.05, 0.1) is 7.11 Å². The number of rotatable bonds is 3. The first kappa shape index (κ1) is 8.04. The molecule has 11 heavy (non-hydrogen) atoms. The molecule has 61 valence electrons. The van der Waals surface area contributed by atoms with Gasteiger partial charge < -0.3 is 10.1 Å². The quantitative estimate of drug-likeness (QED) is 0.636. The molecule has 1 amide bonds. The molecule has 1 aliphatic rings. The van der Waals surface area contributed by atoms with Gasteiger partial charge in [-0.2, -0.15) is 0 Å². The van der Waals surface area contributed by atoms with Crippen LogP contribution in [0.3, 0.4) is 0 Å². The highest BCUT2D eigenvalue weighted by Crippen LogP contribution is 2.31. The number of hydrogen-bond donors (Lipinski definition) is 1. The molecule has 4 heteroatoms. The number of carbonyl (C=O) groups excluding carboxylic acids is 2. The first-order chi connectivity index (χ1) is 5.27. The highest BCUT2D eigenvalue weighted by Gasteiger charge is 2.32. The Morgan fingerprint density at radius 3 is 2.73 bits per heavy atom. The SMILES string of the molecule is COC(=O)NC([C]=O)C1CC1. The lowest BCUT2D eigenvalue weighted by Gasteiger charge is -2.08. The summed E-state index contributed by atoms with van der Waals surface area (Å²) >= 11 is 0. The molecule has 1 saturated carbocycles. The predicted octanol–water partition coefficient (Wildman–Crippen LogP) is 0.231. The van der Waals surface area contributed by atoms with Gasteiger partial charge in [0, 0.05) is 0 Å². The topological polar surface area (TPSA) is 55.4 Å². The molecule has 1 atom stereocenters. The average molecular weight is 156 g/mol. The van der Waals surface area contributed by atoms with Crippen molar-refractivity contribution in [3.63, 3.8) is 0 Å². The minimum Gasteiger partial charge on any atom is -0.453 e. The molecular weight excluding hydrogens is 146 g/mol. The number of carbonyl (C=O) groups is 1. The summed E-state index contributed by atoms with van der Waals surface area (Å²) in [6.07, 6.45) is 3.18. The van der Waals surface area contributed by atoms with E-state index in [1.165, 1.54) is 7.11 Å². The molecule has 4 nitrogen and oxygen atoms in total. The second-order valence-electron chi connectivity index (χ2n) is 2.57. The lowest BCUT2D eigenvalue weighted by atomic mass is 10.2. The van der Waals surface area contributed by atoms with Gasteiger partial charge in [0.25, 0.3) is 0 Å². The van der Waals surface area contributed by atoms with Gasteiger partial charge in [-0.25, -0.2) is 4.79 Å². The van der Waals surface area contributed by atoms with E-state index < -0.39 is 12.1 Å². The Hall–Kier alpha value is -1.06. The van der Waals surface area contributed by atoms with Crippen molar-refractivity contribution in [1.29, 1.82) is 0 Å². The third-order valence-electron chi connectivity index (χ3n) is 1.68. The van der Waals surface area contributed by atoms with Gasteiger partial charge in [-0.15, -0.1) is 0 Å². The van der Waals surface area contributed by atoms with Crippen LogP contribution in [-0.2, 0) is 9.53 Å². The van der Waals surface area contributed by atoms with Crippen LogP contribution in [0.5, 0.6) is 0 Å². The molecule has 0 heterocycles. The standard InChI is InChI=1S/C7H10NO3/c1-11-7(10)8-6(4-9)5-2-3-5/h5-6H,2-3H2,1H3,(H,8,10). The third kappa shape index (κ3) is 2.22. The van der Waals surface area contributed by atoms with Gasteiger partial charge in [0.15, 0.2) is 0 Å². The summed E-state index contributed by atoms with van der Waals surface area (Å²) in [5.41, 5.74) is 0. The van der Waals surface area contributed by atoms with Gasteiger partial charge >= 0.3 is 6.09 Å². The highest BCUT2D eigenvalue weighted by molar-refractivity contribution is 5.73. The highest BCUT2D eigenvalue weighted by atomic mass is 16.5. The van der Waals surface area contributed by atoms with E-state index in [0.29, 0.717) is 0 Å². The number of nitrogens with one attached hydrogen (secondary N) is 1. The van der Waals surface area contributed by atoms with Crippen LogP contribution in [0.15, 0.2) is 0 Å². The van der Waals surface area contributed by atoms with Gasteiger partial charge in [-0.1, -0.05) is 0 Å². The van der Waals surface area contributed by atoms with E-state index in [0.717, 1.165) is 12.8 Å². The zero-order valence-corrected chi connectivity index (χ0v) is 6.29. The first-order valence-electron chi connectivity index (χ1n) is 3.50. The largest absolute Gasteiger partial charge is 0.453 e. The Morgan fingerprint density at radius 2 is 2.36 bits per heavy atom. The fourth-order valence-corrected chi connectivity index (χ4v) is 0.859. The Balaban J connectivity index is 2.30. The molecule has 0 bridgehead atoms. The van der Waals surface area contributed by atoms with Crippen molar-refractivity contribution in [3.8, 4) is 0 Å². The maximum absolute atomic E-state index is 10.6. The van der Waals surface area contributed by atoms with Crippen LogP contribution in [0, 0.1) is 5.92 Å². The summed E-state index contributed by atoms with van der Waals surface area (Å²) in [6.45, 7) is 0. The number of methoxy groups -OCH3 is 1. The molecule has 0 aromatic carbocycles. The second-order valence-corrected chi connectivity index (χ2v) is 2.57. The molecule has 0 saturated heterocycles. The Morgan fingerprint density at radius 1 is 1.73 bits per heavy atom. The number of alkyl carbamates (subject to hydrolysis) is 1. The van der Waals surface area contributed by atoms with Crippen molar-refractivity contribution < 1.29 is 14.3 Å². The van der Waals surface area contributed by atoms with Crippen molar-refractivity contribution in [3.05, 3.63) is 0 Å². The molecule has 0 aromatic heterocycles. The van der Waals surface area contributed by atoms with E-state index in [1.54, 1.807) is 6.29 Å². The lowest BCUT2D eigenvalue weighted by Crippen LogP contribution is -2.37. The van der Waals surface area contributed by atoms with Crippen LogP contribution in [0.4, 0.5) is 4.79 Å². The van der Waals surface area contributed by atoms with Crippen LogP contribution in [0.25, 0.3) is 0 Å². The van der Waals surface area contributed by atoms with E-state index in [2.05, 4.69) is 10.1 Å². The van der Waals surface area contributed by atoms with E-state index >= 15 is 0 Å². The Kier molecular flexibility index (Phi) is 2.46. The second kappa shape index (κ2) is 3.37.